The van der Waals surface area contributed by atoms with Crippen LogP contribution in [0.4, 0.5) is 5.00 Å². The molecule has 0 radical (unpaired) electrons. The van der Waals surface area contributed by atoms with Crippen LogP contribution >= 0.6 is 11.3 Å². The summed E-state index contributed by atoms with van der Waals surface area (Å²) in [6.45, 7) is 2.05. The average molecular weight is 248 g/mol. The summed E-state index contributed by atoms with van der Waals surface area (Å²) in [7, 11) is 0. The highest BCUT2D eigenvalue weighted by Gasteiger charge is 2.49. The molecule has 4 aliphatic carbocycles. The van der Waals surface area contributed by atoms with E-state index in [-0.39, 0.29) is 0 Å². The number of rotatable bonds is 1. The molecule has 2 N–H and O–H groups in total. The summed E-state index contributed by atoms with van der Waals surface area (Å²) in [6.07, 6.45) is 7.40. The van der Waals surface area contributed by atoms with E-state index in [2.05, 4.69) is 0 Å². The number of hydrogen-bond acceptors (Lipinski definition) is 3. The number of aromatic nitrogens is 1. The first-order valence-electron chi connectivity index (χ1n) is 6.93. The molecule has 4 saturated carbocycles. The van der Waals surface area contributed by atoms with Gasteiger partial charge in [-0.2, -0.15) is 0 Å². The molecule has 4 fully saturated rings. The van der Waals surface area contributed by atoms with E-state index in [1.165, 1.54) is 37.1 Å². The van der Waals surface area contributed by atoms with Gasteiger partial charge in [-0.25, -0.2) is 4.98 Å². The van der Waals surface area contributed by atoms with Gasteiger partial charge in [-0.1, -0.05) is 0 Å². The Kier molecular flexibility index (Phi) is 2.11. The van der Waals surface area contributed by atoms with E-state index in [1.54, 1.807) is 11.3 Å². The third kappa shape index (κ3) is 1.48. The number of anilines is 1. The molecule has 1 aromatic rings. The van der Waals surface area contributed by atoms with E-state index in [0.29, 0.717) is 0 Å². The lowest BCUT2D eigenvalue weighted by Crippen LogP contribution is -2.43. The van der Waals surface area contributed by atoms with Crippen LogP contribution in [-0.4, -0.2) is 4.98 Å². The van der Waals surface area contributed by atoms with Gasteiger partial charge in [0, 0.05) is 5.92 Å². The molecule has 5 rings (SSSR count). The third-order valence-corrected chi connectivity index (χ3v) is 6.45. The van der Waals surface area contributed by atoms with Gasteiger partial charge in [0.1, 0.15) is 5.00 Å². The zero-order chi connectivity index (χ0) is 11.6. The molecular formula is C14H20N2S. The van der Waals surface area contributed by atoms with Gasteiger partial charge in [-0.05, 0) is 62.7 Å². The Balaban J connectivity index is 1.70. The molecule has 4 bridgehead atoms. The molecule has 2 nitrogen and oxygen atoms in total. The maximum atomic E-state index is 5.99. The summed E-state index contributed by atoms with van der Waals surface area (Å²) in [6, 6.07) is 0. The first kappa shape index (κ1) is 10.4. The van der Waals surface area contributed by atoms with Crippen molar-refractivity contribution >= 4 is 16.3 Å². The fraction of sp³-hybridized carbons (Fsp3) is 0.786. The summed E-state index contributed by atoms with van der Waals surface area (Å²) in [5.74, 6) is 4.70. The lowest BCUT2D eigenvalue weighted by atomic mass is 9.52. The largest absolute Gasteiger partial charge is 0.389 e. The zero-order valence-corrected chi connectivity index (χ0v) is 11.2. The molecule has 0 saturated heterocycles. The van der Waals surface area contributed by atoms with Crippen molar-refractivity contribution < 1.29 is 0 Å². The highest BCUT2D eigenvalue weighted by molar-refractivity contribution is 7.15. The van der Waals surface area contributed by atoms with Gasteiger partial charge in [-0.3, -0.25) is 0 Å². The van der Waals surface area contributed by atoms with Crippen molar-refractivity contribution in [3.8, 4) is 0 Å². The predicted octanol–water partition coefficient (Wildman–Crippen LogP) is 3.57. The van der Waals surface area contributed by atoms with E-state index in [0.717, 1.165) is 40.3 Å². The molecule has 1 aromatic heterocycles. The first-order chi connectivity index (χ1) is 8.20. The second kappa shape index (κ2) is 3.47. The van der Waals surface area contributed by atoms with Crippen LogP contribution < -0.4 is 5.73 Å². The van der Waals surface area contributed by atoms with Crippen molar-refractivity contribution in [2.45, 2.75) is 44.9 Å². The molecule has 1 heterocycles. The smallest absolute Gasteiger partial charge is 0.109 e. The van der Waals surface area contributed by atoms with Crippen LogP contribution in [0.15, 0.2) is 0 Å². The fourth-order valence-electron chi connectivity index (χ4n) is 4.90. The highest BCUT2D eigenvalue weighted by Crippen LogP contribution is 2.60. The van der Waals surface area contributed by atoms with Crippen LogP contribution in [0.25, 0.3) is 0 Å². The quantitative estimate of drug-likeness (QED) is 0.825. The van der Waals surface area contributed by atoms with Gasteiger partial charge in [0.15, 0.2) is 0 Å². The van der Waals surface area contributed by atoms with Crippen molar-refractivity contribution in [2.75, 3.05) is 5.73 Å². The lowest BCUT2D eigenvalue weighted by Gasteiger charge is -2.53. The maximum absolute atomic E-state index is 5.99. The topological polar surface area (TPSA) is 38.9 Å². The van der Waals surface area contributed by atoms with E-state index >= 15 is 0 Å². The molecule has 0 aromatic carbocycles. The molecule has 0 atom stereocenters. The molecule has 0 amide bonds. The van der Waals surface area contributed by atoms with E-state index < -0.39 is 0 Å². The minimum Gasteiger partial charge on any atom is -0.389 e. The minimum absolute atomic E-state index is 0.754. The van der Waals surface area contributed by atoms with Gasteiger partial charge in [0.2, 0.25) is 0 Å². The van der Waals surface area contributed by atoms with Crippen LogP contribution in [0.3, 0.4) is 0 Å². The number of nitrogens with zero attached hydrogens (tertiary/aromatic N) is 1. The number of nitrogens with two attached hydrogens (primary N) is 1. The Morgan fingerprint density at radius 1 is 1.06 bits per heavy atom. The lowest BCUT2D eigenvalue weighted by molar-refractivity contribution is -0.00286. The fourth-order valence-corrected chi connectivity index (χ4v) is 6.02. The van der Waals surface area contributed by atoms with Crippen LogP contribution in [0.5, 0.6) is 0 Å². The van der Waals surface area contributed by atoms with Crippen LogP contribution in [0.2, 0.25) is 0 Å². The third-order valence-electron chi connectivity index (χ3n) is 5.36. The maximum Gasteiger partial charge on any atom is 0.109 e. The molecule has 17 heavy (non-hydrogen) atoms. The van der Waals surface area contributed by atoms with Crippen molar-refractivity contribution in [1.29, 1.82) is 0 Å². The zero-order valence-electron chi connectivity index (χ0n) is 10.4. The summed E-state index contributed by atoms with van der Waals surface area (Å²) >= 11 is 1.76. The molecule has 4 aliphatic rings. The Labute approximate surface area is 107 Å². The predicted molar refractivity (Wildman–Crippen MR) is 71.0 cm³/mol. The second-order valence-corrected chi connectivity index (χ2v) is 7.52. The molecule has 3 heteroatoms. The standard InChI is InChI=1S/C14H20N2S/c1-7-13(15)17-14(16-7)12-10-3-8-2-9(5-10)6-11(12)4-8/h8-12H,2-6,15H2,1H3. The number of aryl methyl sites for hydroxylation is 1. The van der Waals surface area contributed by atoms with Crippen LogP contribution in [-0.2, 0) is 0 Å². The Hall–Kier alpha value is -0.570. The van der Waals surface area contributed by atoms with Crippen molar-refractivity contribution in [3.05, 3.63) is 10.7 Å². The molecule has 0 spiro atoms. The first-order valence-corrected chi connectivity index (χ1v) is 7.75. The summed E-state index contributed by atoms with van der Waals surface area (Å²) < 4.78 is 0. The average Bonchev–Trinajstić information content (AvgIpc) is 2.57. The monoisotopic (exact) mass is 248 g/mol. The van der Waals surface area contributed by atoms with Gasteiger partial charge in [-0.15, -0.1) is 11.3 Å². The van der Waals surface area contributed by atoms with Gasteiger partial charge in [0.05, 0.1) is 10.7 Å². The Bertz CT molecular complexity index is 404. The Morgan fingerprint density at radius 3 is 2.12 bits per heavy atom. The molecular weight excluding hydrogens is 228 g/mol. The molecule has 0 unspecified atom stereocenters. The van der Waals surface area contributed by atoms with Gasteiger partial charge >= 0.3 is 0 Å². The number of nitrogen functional groups attached to an aromatic ring is 1. The summed E-state index contributed by atoms with van der Waals surface area (Å²) in [4.78, 5) is 4.75. The summed E-state index contributed by atoms with van der Waals surface area (Å²) in [5.41, 5.74) is 7.04. The number of hydrogen-bond donors (Lipinski definition) is 1. The molecule has 92 valence electrons. The number of thiazole rings is 1. The van der Waals surface area contributed by atoms with Crippen LogP contribution in [0, 0.1) is 30.6 Å². The summed E-state index contributed by atoms with van der Waals surface area (Å²) in [5, 5.41) is 2.29. The van der Waals surface area contributed by atoms with E-state index in [4.69, 9.17) is 10.7 Å². The van der Waals surface area contributed by atoms with Crippen LogP contribution in [0.1, 0.15) is 48.7 Å². The van der Waals surface area contributed by atoms with Crippen molar-refractivity contribution in [2.24, 2.45) is 23.7 Å². The minimum atomic E-state index is 0.754. The van der Waals surface area contributed by atoms with Crippen molar-refractivity contribution in [1.82, 2.24) is 4.98 Å². The SMILES string of the molecule is Cc1nc(C2C3CC4CC(C3)CC2C4)sc1N. The molecule has 0 aliphatic heterocycles. The van der Waals surface area contributed by atoms with Gasteiger partial charge in [0.25, 0.3) is 0 Å². The normalized spacial score (nSPS) is 43.2. The highest BCUT2D eigenvalue weighted by atomic mass is 32.1. The second-order valence-electron chi connectivity index (χ2n) is 6.46. The van der Waals surface area contributed by atoms with Crippen molar-refractivity contribution in [3.63, 3.8) is 0 Å². The van der Waals surface area contributed by atoms with E-state index in [9.17, 15) is 0 Å². The van der Waals surface area contributed by atoms with Gasteiger partial charge < -0.3 is 5.73 Å². The van der Waals surface area contributed by atoms with E-state index in [1.807, 2.05) is 6.92 Å². The Morgan fingerprint density at radius 2 is 1.65 bits per heavy atom.